The lowest BCUT2D eigenvalue weighted by atomic mass is 10.2. The molecule has 2 aromatic heterocycles. The smallest absolute Gasteiger partial charge is 0.0992 e. The summed E-state index contributed by atoms with van der Waals surface area (Å²) in [6.45, 7) is 0.788. The van der Waals surface area contributed by atoms with Crippen molar-refractivity contribution >= 4 is 17.0 Å². The van der Waals surface area contributed by atoms with Crippen molar-refractivity contribution in [1.82, 2.24) is 14.5 Å². The summed E-state index contributed by atoms with van der Waals surface area (Å²) in [4.78, 5) is 9.37. The summed E-state index contributed by atoms with van der Waals surface area (Å²) in [6.07, 6.45) is 7.40. The van der Waals surface area contributed by atoms with Crippen molar-refractivity contribution in [3.05, 3.63) is 59.6 Å². The van der Waals surface area contributed by atoms with E-state index in [1.165, 1.54) is 4.88 Å². The van der Waals surface area contributed by atoms with Gasteiger partial charge in [0.25, 0.3) is 0 Å². The summed E-state index contributed by atoms with van der Waals surface area (Å²) in [5.41, 5.74) is 4.03. The summed E-state index contributed by atoms with van der Waals surface area (Å²) < 4.78 is 2.00. The highest BCUT2D eigenvalue weighted by Gasteiger charge is 2.03. The molecule has 0 saturated carbocycles. The number of rotatable bonds is 4. The second-order valence-corrected chi connectivity index (χ2v) is 4.78. The van der Waals surface area contributed by atoms with Crippen LogP contribution in [0.2, 0.25) is 0 Å². The maximum Gasteiger partial charge on any atom is 0.0992 e. The van der Waals surface area contributed by atoms with Crippen molar-refractivity contribution in [2.45, 2.75) is 6.54 Å². The number of hydrogen-bond donors (Lipinski definition) is 1. The second-order valence-electron chi connectivity index (χ2n) is 3.81. The Morgan fingerprint density at radius 3 is 2.94 bits per heavy atom. The maximum atomic E-state index is 4.08. The molecule has 0 unspecified atom stereocenters. The summed E-state index contributed by atoms with van der Waals surface area (Å²) in [5, 5.41) is 3.43. The van der Waals surface area contributed by atoms with Crippen LogP contribution in [0.1, 0.15) is 4.88 Å². The first-order chi connectivity index (χ1) is 8.93. The van der Waals surface area contributed by atoms with Gasteiger partial charge in [0.15, 0.2) is 0 Å². The molecular weight excluding hydrogens is 244 g/mol. The summed E-state index contributed by atoms with van der Waals surface area (Å²) >= 11 is 1.65. The summed E-state index contributed by atoms with van der Waals surface area (Å²) in [6, 6.07) is 8.18. The van der Waals surface area contributed by atoms with Gasteiger partial charge in [0, 0.05) is 23.5 Å². The first-order valence-corrected chi connectivity index (χ1v) is 6.50. The van der Waals surface area contributed by atoms with Gasteiger partial charge in [-0.1, -0.05) is 12.1 Å². The Bertz CT molecular complexity index is 602. The van der Waals surface area contributed by atoms with E-state index in [2.05, 4.69) is 27.4 Å². The Balaban J connectivity index is 1.84. The van der Waals surface area contributed by atoms with E-state index < -0.39 is 0 Å². The van der Waals surface area contributed by atoms with Gasteiger partial charge in [0.05, 0.1) is 29.8 Å². The molecule has 4 nitrogen and oxygen atoms in total. The molecule has 2 heterocycles. The van der Waals surface area contributed by atoms with Gasteiger partial charge in [-0.2, -0.15) is 0 Å². The molecule has 0 radical (unpaired) electrons. The van der Waals surface area contributed by atoms with Gasteiger partial charge in [-0.15, -0.1) is 11.3 Å². The van der Waals surface area contributed by atoms with Crippen molar-refractivity contribution < 1.29 is 0 Å². The normalized spacial score (nSPS) is 10.4. The average molecular weight is 256 g/mol. The molecule has 0 atom stereocenters. The lowest BCUT2D eigenvalue weighted by Gasteiger charge is -2.11. The van der Waals surface area contributed by atoms with E-state index in [0.717, 1.165) is 17.9 Å². The molecule has 3 rings (SSSR count). The molecule has 18 heavy (non-hydrogen) atoms. The minimum Gasteiger partial charge on any atom is -0.378 e. The highest BCUT2D eigenvalue weighted by molar-refractivity contribution is 7.09. The van der Waals surface area contributed by atoms with E-state index in [9.17, 15) is 0 Å². The Morgan fingerprint density at radius 1 is 1.22 bits per heavy atom. The van der Waals surface area contributed by atoms with Crippen LogP contribution in [0, 0.1) is 0 Å². The standard InChI is InChI=1S/C13H12N4S/c1-2-4-13(17-6-5-14-9-17)12(3-1)16-8-11-7-15-10-18-11/h1-7,9-10,16H,8H2. The van der Waals surface area contributed by atoms with Gasteiger partial charge >= 0.3 is 0 Å². The SMILES string of the molecule is c1ccc(-n2ccnc2)c(NCc2cncs2)c1. The predicted octanol–water partition coefficient (Wildman–Crippen LogP) is 2.94. The number of para-hydroxylation sites is 2. The zero-order valence-electron chi connectivity index (χ0n) is 9.65. The van der Waals surface area contributed by atoms with Gasteiger partial charge in [-0.05, 0) is 12.1 Å². The van der Waals surface area contributed by atoms with Crippen molar-refractivity contribution in [3.63, 3.8) is 0 Å². The quantitative estimate of drug-likeness (QED) is 0.780. The third-order valence-electron chi connectivity index (χ3n) is 2.62. The molecule has 3 aromatic rings. The third-order valence-corrected chi connectivity index (χ3v) is 3.40. The zero-order valence-corrected chi connectivity index (χ0v) is 10.5. The van der Waals surface area contributed by atoms with Crippen molar-refractivity contribution in [2.75, 3.05) is 5.32 Å². The van der Waals surface area contributed by atoms with Crippen LogP contribution in [-0.2, 0) is 6.54 Å². The van der Waals surface area contributed by atoms with Crippen LogP contribution >= 0.6 is 11.3 Å². The molecule has 90 valence electrons. The van der Waals surface area contributed by atoms with E-state index in [0.29, 0.717) is 0 Å². The van der Waals surface area contributed by atoms with Crippen molar-refractivity contribution in [1.29, 1.82) is 0 Å². The van der Waals surface area contributed by atoms with Gasteiger partial charge in [0.2, 0.25) is 0 Å². The molecule has 1 N–H and O–H groups in total. The van der Waals surface area contributed by atoms with Crippen LogP contribution in [0.3, 0.4) is 0 Å². The number of hydrogen-bond acceptors (Lipinski definition) is 4. The third kappa shape index (κ3) is 2.26. The molecular formula is C13H12N4S. The van der Waals surface area contributed by atoms with Gasteiger partial charge in [0.1, 0.15) is 0 Å². The lowest BCUT2D eigenvalue weighted by Crippen LogP contribution is -2.02. The highest BCUT2D eigenvalue weighted by Crippen LogP contribution is 2.20. The van der Waals surface area contributed by atoms with Crippen LogP contribution in [0.25, 0.3) is 5.69 Å². The van der Waals surface area contributed by atoms with Crippen molar-refractivity contribution in [3.8, 4) is 5.69 Å². The largest absolute Gasteiger partial charge is 0.378 e. The fraction of sp³-hybridized carbons (Fsp3) is 0.0769. The highest BCUT2D eigenvalue weighted by atomic mass is 32.1. The minimum atomic E-state index is 0.788. The average Bonchev–Trinajstić information content (AvgIpc) is 3.10. The van der Waals surface area contributed by atoms with Crippen LogP contribution in [0.15, 0.2) is 54.7 Å². The number of nitrogens with zero attached hydrogens (tertiary/aromatic N) is 3. The predicted molar refractivity (Wildman–Crippen MR) is 73.0 cm³/mol. The van der Waals surface area contributed by atoms with E-state index in [1.807, 2.05) is 34.6 Å². The zero-order chi connectivity index (χ0) is 12.2. The van der Waals surface area contributed by atoms with E-state index >= 15 is 0 Å². The number of thiazole rings is 1. The maximum absolute atomic E-state index is 4.08. The van der Waals surface area contributed by atoms with Crippen LogP contribution in [0.4, 0.5) is 5.69 Å². The topological polar surface area (TPSA) is 42.7 Å². The molecule has 0 fully saturated rings. The number of aromatic nitrogens is 3. The van der Waals surface area contributed by atoms with E-state index in [4.69, 9.17) is 0 Å². The molecule has 0 saturated heterocycles. The molecule has 0 spiro atoms. The summed E-state index contributed by atoms with van der Waals surface area (Å²) in [7, 11) is 0. The van der Waals surface area contributed by atoms with E-state index in [1.54, 1.807) is 23.9 Å². The van der Waals surface area contributed by atoms with E-state index in [-0.39, 0.29) is 0 Å². The van der Waals surface area contributed by atoms with Gasteiger partial charge in [-0.25, -0.2) is 4.98 Å². The first kappa shape index (κ1) is 11.0. The Hall–Kier alpha value is -2.14. The van der Waals surface area contributed by atoms with Crippen LogP contribution in [-0.4, -0.2) is 14.5 Å². The lowest BCUT2D eigenvalue weighted by molar-refractivity contribution is 1.05. The Labute approximate surface area is 109 Å². The fourth-order valence-corrected chi connectivity index (χ4v) is 2.30. The second kappa shape index (κ2) is 5.01. The summed E-state index contributed by atoms with van der Waals surface area (Å²) in [5.74, 6) is 0. The van der Waals surface area contributed by atoms with Crippen LogP contribution in [0.5, 0.6) is 0 Å². The molecule has 0 aliphatic heterocycles. The Morgan fingerprint density at radius 2 is 2.17 bits per heavy atom. The van der Waals surface area contributed by atoms with Crippen LogP contribution < -0.4 is 5.32 Å². The van der Waals surface area contributed by atoms with Gasteiger partial charge < -0.3 is 9.88 Å². The molecule has 0 aliphatic rings. The van der Waals surface area contributed by atoms with Gasteiger partial charge in [-0.3, -0.25) is 4.98 Å². The van der Waals surface area contributed by atoms with Crippen molar-refractivity contribution in [2.24, 2.45) is 0 Å². The number of benzene rings is 1. The monoisotopic (exact) mass is 256 g/mol. The first-order valence-electron chi connectivity index (χ1n) is 5.62. The number of imidazole rings is 1. The Kier molecular flexibility index (Phi) is 3.06. The molecule has 0 bridgehead atoms. The number of nitrogens with one attached hydrogen (secondary N) is 1. The molecule has 0 aliphatic carbocycles. The molecule has 1 aromatic carbocycles. The number of anilines is 1. The molecule has 5 heteroatoms. The fourth-order valence-electron chi connectivity index (χ4n) is 1.76. The minimum absolute atomic E-state index is 0.788. The molecule has 0 amide bonds.